The smallest absolute Gasteiger partial charge is 0.123 e. The molecule has 0 radical (unpaired) electrons. The minimum Gasteiger partial charge on any atom is -0.492 e. The molecule has 0 aliphatic rings. The van der Waals surface area contributed by atoms with Crippen LogP contribution in [0.25, 0.3) is 0 Å². The van der Waals surface area contributed by atoms with Crippen molar-refractivity contribution in [2.75, 3.05) is 13.7 Å². The molecular formula is C16H27NO. The molecule has 0 saturated carbocycles. The van der Waals surface area contributed by atoms with E-state index < -0.39 is 0 Å². The fraction of sp³-hybridized carbons (Fsp3) is 0.625. The van der Waals surface area contributed by atoms with Crippen molar-refractivity contribution in [2.45, 2.75) is 52.5 Å². The Morgan fingerprint density at radius 1 is 1.28 bits per heavy atom. The van der Waals surface area contributed by atoms with Gasteiger partial charge in [-0.15, -0.1) is 0 Å². The van der Waals surface area contributed by atoms with Crippen LogP contribution in [0, 0.1) is 6.92 Å². The van der Waals surface area contributed by atoms with Gasteiger partial charge in [-0.3, -0.25) is 0 Å². The number of ether oxygens (including phenoxy) is 1. The van der Waals surface area contributed by atoms with E-state index in [0.29, 0.717) is 12.0 Å². The average molecular weight is 249 g/mol. The third-order valence-corrected chi connectivity index (χ3v) is 3.28. The van der Waals surface area contributed by atoms with E-state index in [1.54, 1.807) is 0 Å². The second-order valence-corrected chi connectivity index (χ2v) is 5.28. The molecule has 0 saturated heterocycles. The van der Waals surface area contributed by atoms with Crippen molar-refractivity contribution in [1.29, 1.82) is 0 Å². The van der Waals surface area contributed by atoms with E-state index in [-0.39, 0.29) is 0 Å². The van der Waals surface area contributed by atoms with Gasteiger partial charge in [-0.1, -0.05) is 39.3 Å². The maximum atomic E-state index is 6.02. The van der Waals surface area contributed by atoms with E-state index in [4.69, 9.17) is 4.74 Å². The molecule has 0 aliphatic carbocycles. The van der Waals surface area contributed by atoms with Gasteiger partial charge < -0.3 is 10.1 Å². The van der Waals surface area contributed by atoms with Gasteiger partial charge in [0.15, 0.2) is 0 Å². The fourth-order valence-corrected chi connectivity index (χ4v) is 2.09. The summed E-state index contributed by atoms with van der Waals surface area (Å²) in [7, 11) is 2.00. The first-order valence-electron chi connectivity index (χ1n) is 6.99. The summed E-state index contributed by atoms with van der Waals surface area (Å²) < 4.78 is 6.02. The summed E-state index contributed by atoms with van der Waals surface area (Å²) in [4.78, 5) is 0. The number of hydrogen-bond acceptors (Lipinski definition) is 2. The van der Waals surface area contributed by atoms with Crippen molar-refractivity contribution in [3.05, 3.63) is 29.3 Å². The Kier molecular flexibility index (Phi) is 6.20. The van der Waals surface area contributed by atoms with Crippen LogP contribution >= 0.6 is 0 Å². The number of likely N-dealkylation sites (N-methyl/N-ethyl adjacent to an activating group) is 1. The molecule has 18 heavy (non-hydrogen) atoms. The van der Waals surface area contributed by atoms with Gasteiger partial charge in [0.05, 0.1) is 0 Å². The van der Waals surface area contributed by atoms with Crippen LogP contribution in [-0.2, 0) is 0 Å². The zero-order chi connectivity index (χ0) is 13.5. The molecule has 0 bridgehead atoms. The molecule has 1 aromatic carbocycles. The Labute approximate surface area is 112 Å². The minimum absolute atomic E-state index is 0.440. The highest BCUT2D eigenvalue weighted by Gasteiger charge is 2.11. The van der Waals surface area contributed by atoms with Crippen molar-refractivity contribution in [3.8, 4) is 5.75 Å². The second kappa shape index (κ2) is 7.42. The van der Waals surface area contributed by atoms with Gasteiger partial charge in [0.25, 0.3) is 0 Å². The van der Waals surface area contributed by atoms with E-state index in [0.717, 1.165) is 18.8 Å². The Morgan fingerprint density at radius 2 is 2.00 bits per heavy atom. The molecule has 2 nitrogen and oxygen atoms in total. The largest absolute Gasteiger partial charge is 0.492 e. The highest BCUT2D eigenvalue weighted by Crippen LogP contribution is 2.27. The molecular weight excluding hydrogens is 222 g/mol. The Hall–Kier alpha value is -1.02. The Balaban J connectivity index is 2.73. The molecule has 2 heteroatoms. The third-order valence-electron chi connectivity index (χ3n) is 3.28. The summed E-state index contributed by atoms with van der Waals surface area (Å²) in [6, 6.07) is 6.93. The standard InChI is InChI=1S/C16H27NO/c1-6-7-14(17-5)11-18-16-10-13(4)8-9-15(16)12(2)3/h8-10,12,14,17H,6-7,11H2,1-5H3. The fourth-order valence-electron chi connectivity index (χ4n) is 2.09. The molecule has 0 spiro atoms. The number of aryl methyl sites for hydroxylation is 1. The second-order valence-electron chi connectivity index (χ2n) is 5.28. The first kappa shape index (κ1) is 15.0. The number of hydrogen-bond donors (Lipinski definition) is 1. The van der Waals surface area contributed by atoms with Crippen LogP contribution in [0.4, 0.5) is 0 Å². The Morgan fingerprint density at radius 3 is 2.56 bits per heavy atom. The molecule has 1 aromatic rings. The first-order chi connectivity index (χ1) is 8.58. The van der Waals surface area contributed by atoms with E-state index in [1.165, 1.54) is 17.5 Å². The molecule has 102 valence electrons. The zero-order valence-electron chi connectivity index (χ0n) is 12.4. The van der Waals surface area contributed by atoms with Crippen LogP contribution in [0.1, 0.15) is 50.7 Å². The number of nitrogens with one attached hydrogen (secondary N) is 1. The summed E-state index contributed by atoms with van der Waals surface area (Å²) in [5, 5.41) is 3.31. The van der Waals surface area contributed by atoms with Gasteiger partial charge in [0, 0.05) is 6.04 Å². The summed E-state index contributed by atoms with van der Waals surface area (Å²) in [5.41, 5.74) is 2.55. The molecule has 1 atom stereocenters. The first-order valence-corrected chi connectivity index (χ1v) is 6.99. The lowest BCUT2D eigenvalue weighted by molar-refractivity contribution is 0.259. The maximum absolute atomic E-state index is 6.02. The van der Waals surface area contributed by atoms with Crippen LogP contribution < -0.4 is 10.1 Å². The summed E-state index contributed by atoms with van der Waals surface area (Å²) in [5.74, 6) is 1.54. The van der Waals surface area contributed by atoms with Crippen LogP contribution in [0.5, 0.6) is 5.75 Å². The molecule has 1 N–H and O–H groups in total. The molecule has 0 aromatic heterocycles. The summed E-state index contributed by atoms with van der Waals surface area (Å²) in [6.45, 7) is 9.47. The van der Waals surface area contributed by atoms with Crippen LogP contribution in [0.2, 0.25) is 0 Å². The normalized spacial score (nSPS) is 12.8. The predicted molar refractivity (Wildman–Crippen MR) is 78.5 cm³/mol. The van der Waals surface area contributed by atoms with E-state index in [9.17, 15) is 0 Å². The average Bonchev–Trinajstić information content (AvgIpc) is 2.34. The molecule has 1 unspecified atom stereocenters. The van der Waals surface area contributed by atoms with Gasteiger partial charge in [0.2, 0.25) is 0 Å². The van der Waals surface area contributed by atoms with Gasteiger partial charge in [-0.2, -0.15) is 0 Å². The van der Waals surface area contributed by atoms with E-state index in [2.05, 4.69) is 51.2 Å². The highest BCUT2D eigenvalue weighted by atomic mass is 16.5. The van der Waals surface area contributed by atoms with Crippen molar-refractivity contribution in [1.82, 2.24) is 5.32 Å². The van der Waals surface area contributed by atoms with Crippen molar-refractivity contribution in [3.63, 3.8) is 0 Å². The number of benzene rings is 1. The summed E-state index contributed by atoms with van der Waals surface area (Å²) in [6.07, 6.45) is 2.33. The lowest BCUT2D eigenvalue weighted by Gasteiger charge is -2.19. The molecule has 0 aliphatic heterocycles. The van der Waals surface area contributed by atoms with Crippen LogP contribution in [-0.4, -0.2) is 19.7 Å². The zero-order valence-corrected chi connectivity index (χ0v) is 12.4. The van der Waals surface area contributed by atoms with Gasteiger partial charge in [-0.05, 0) is 43.5 Å². The maximum Gasteiger partial charge on any atom is 0.123 e. The van der Waals surface area contributed by atoms with Crippen LogP contribution in [0.3, 0.4) is 0 Å². The quantitative estimate of drug-likeness (QED) is 0.791. The van der Waals surface area contributed by atoms with Crippen molar-refractivity contribution in [2.24, 2.45) is 0 Å². The SMILES string of the molecule is CCCC(COc1cc(C)ccc1C(C)C)NC. The summed E-state index contributed by atoms with van der Waals surface area (Å²) >= 11 is 0. The minimum atomic E-state index is 0.440. The van der Waals surface area contributed by atoms with Crippen LogP contribution in [0.15, 0.2) is 18.2 Å². The van der Waals surface area contributed by atoms with Gasteiger partial charge in [0.1, 0.15) is 12.4 Å². The van der Waals surface area contributed by atoms with Gasteiger partial charge >= 0.3 is 0 Å². The van der Waals surface area contributed by atoms with Crippen molar-refractivity contribution < 1.29 is 4.74 Å². The third kappa shape index (κ3) is 4.34. The highest BCUT2D eigenvalue weighted by molar-refractivity contribution is 5.39. The predicted octanol–water partition coefficient (Wildman–Crippen LogP) is 3.89. The molecule has 0 heterocycles. The monoisotopic (exact) mass is 249 g/mol. The number of rotatable bonds is 7. The molecule has 0 amide bonds. The molecule has 1 rings (SSSR count). The lowest BCUT2D eigenvalue weighted by Crippen LogP contribution is -2.31. The van der Waals surface area contributed by atoms with Gasteiger partial charge in [-0.25, -0.2) is 0 Å². The lowest BCUT2D eigenvalue weighted by atomic mass is 10.0. The van der Waals surface area contributed by atoms with Crippen molar-refractivity contribution >= 4 is 0 Å². The molecule has 0 fully saturated rings. The van der Waals surface area contributed by atoms with E-state index >= 15 is 0 Å². The van der Waals surface area contributed by atoms with E-state index in [1.807, 2.05) is 7.05 Å². The topological polar surface area (TPSA) is 21.3 Å². The Bertz CT molecular complexity index is 360.